The maximum absolute atomic E-state index is 14.8. The number of fused-ring (bicyclic) bond motifs is 4. The lowest BCUT2D eigenvalue weighted by Gasteiger charge is -2.35. The van der Waals surface area contributed by atoms with Crippen LogP contribution in [-0.4, -0.2) is 134 Å². The highest BCUT2D eigenvalue weighted by molar-refractivity contribution is 8.00. The van der Waals surface area contributed by atoms with Crippen molar-refractivity contribution in [2.24, 2.45) is 16.6 Å². The Morgan fingerprint density at radius 2 is 1.27 bits per heavy atom. The molecule has 77 heavy (non-hydrogen) atoms. The predicted octanol–water partition coefficient (Wildman–Crippen LogP) is 6.38. The van der Waals surface area contributed by atoms with Crippen LogP contribution >= 0.6 is 23.5 Å². The zero-order valence-electron chi connectivity index (χ0n) is 45.8. The molecule has 5 N–H and O–H groups in total. The van der Waals surface area contributed by atoms with Crippen LogP contribution in [0.5, 0.6) is 0 Å². The predicted molar refractivity (Wildman–Crippen MR) is 297 cm³/mol. The third kappa shape index (κ3) is 12.0. The van der Waals surface area contributed by atoms with Gasteiger partial charge in [0.1, 0.15) is 36.4 Å². The van der Waals surface area contributed by atoms with Gasteiger partial charge in [-0.25, -0.2) is 4.79 Å². The Morgan fingerprint density at radius 3 is 1.83 bits per heavy atom. The Bertz CT molecular complexity index is 2810. The van der Waals surface area contributed by atoms with Crippen LogP contribution in [0.4, 0.5) is 4.79 Å². The Balaban J connectivity index is 0.816. The highest BCUT2D eigenvalue weighted by atomic mass is 32.2. The van der Waals surface area contributed by atoms with Gasteiger partial charge >= 0.3 is 6.09 Å². The molecule has 4 saturated heterocycles. The second-order valence-corrected chi connectivity index (χ2v) is 26.4. The first kappa shape index (κ1) is 56.2. The van der Waals surface area contributed by atoms with E-state index in [-0.39, 0.29) is 59.8 Å². The van der Waals surface area contributed by atoms with Crippen LogP contribution in [0, 0.1) is 22.7 Å². The number of thioether (sulfide) groups is 2. The topological polar surface area (TPSA) is 202 Å². The number of likely N-dealkylation sites (N-methyl/N-ethyl adjacent to an activating group) is 1. The fraction of sp³-hybridized carbons (Fsp3) is 0.559. The van der Waals surface area contributed by atoms with Gasteiger partial charge in [-0.05, 0) is 116 Å². The highest BCUT2D eigenvalue weighted by Crippen LogP contribution is 2.48. The van der Waals surface area contributed by atoms with Crippen LogP contribution in [0.25, 0.3) is 0 Å². The number of nitrogens with zero attached hydrogens (tertiary/aromatic N) is 3. The molecule has 4 heterocycles. The Kier molecular flexibility index (Phi) is 16.5. The number of rotatable bonds is 12. The fourth-order valence-electron chi connectivity index (χ4n) is 12.0. The van der Waals surface area contributed by atoms with E-state index in [1.807, 2.05) is 74.5 Å². The third-order valence-corrected chi connectivity index (χ3v) is 18.6. The van der Waals surface area contributed by atoms with Crippen LogP contribution in [-0.2, 0) is 57.6 Å². The third-order valence-electron chi connectivity index (χ3n) is 16.1. The fourth-order valence-corrected chi connectivity index (χ4v) is 15.1. The zero-order valence-corrected chi connectivity index (χ0v) is 47.4. The van der Waals surface area contributed by atoms with Crippen LogP contribution < -0.4 is 21.7 Å². The van der Waals surface area contributed by atoms with Crippen molar-refractivity contribution >= 4 is 59.2 Å². The Labute approximate surface area is 461 Å². The van der Waals surface area contributed by atoms with Crippen LogP contribution in [0.3, 0.4) is 0 Å². The van der Waals surface area contributed by atoms with E-state index in [0.717, 1.165) is 39.1 Å². The molecule has 412 valence electrons. The van der Waals surface area contributed by atoms with Crippen molar-refractivity contribution in [3.05, 3.63) is 106 Å². The molecule has 0 unspecified atom stereocenters. The summed E-state index contributed by atoms with van der Waals surface area (Å²) in [5.74, 6) is 6.35. The highest BCUT2D eigenvalue weighted by Gasteiger charge is 2.56. The molecule has 6 amide bonds. The van der Waals surface area contributed by atoms with E-state index in [2.05, 4.69) is 53.8 Å². The molecule has 2 aliphatic carbocycles. The van der Waals surface area contributed by atoms with Crippen molar-refractivity contribution in [1.82, 2.24) is 30.7 Å². The number of nitrogens with one attached hydrogen (secondary N) is 3. The largest absolute Gasteiger partial charge is 0.444 e. The summed E-state index contributed by atoms with van der Waals surface area (Å²) in [6.07, 6.45) is 2.11. The average Bonchev–Trinajstić information content (AvgIpc) is 4.08. The summed E-state index contributed by atoms with van der Waals surface area (Å²) in [5.41, 5.74) is 10.4. The first-order valence-corrected chi connectivity index (χ1v) is 29.1. The normalized spacial score (nSPS) is 28.3. The molecule has 3 aromatic rings. The molecule has 0 radical (unpaired) electrons. The van der Waals surface area contributed by atoms with Crippen LogP contribution in [0.15, 0.2) is 72.8 Å². The molecule has 0 aromatic heterocycles. The molecule has 6 aliphatic rings. The van der Waals surface area contributed by atoms with E-state index in [0.29, 0.717) is 44.3 Å². The van der Waals surface area contributed by atoms with Gasteiger partial charge in [-0.15, -0.1) is 23.5 Å². The lowest BCUT2D eigenvalue weighted by molar-refractivity contribution is -0.144. The van der Waals surface area contributed by atoms with Gasteiger partial charge in [0, 0.05) is 25.5 Å². The summed E-state index contributed by atoms with van der Waals surface area (Å²) in [6, 6.07) is 19.1. The van der Waals surface area contributed by atoms with Crippen molar-refractivity contribution in [2.45, 2.75) is 171 Å². The number of hydrogen-bond acceptors (Lipinski definition) is 12. The number of hydrogen-bond donors (Lipinski definition) is 4. The number of carbonyl (C=O) groups is 6. The SMILES string of the molecule is C[C@@H](C(=O)N[C@H]1CCS[C@H]2CC(C)(C)[C@@H](C(=O)N[C@H]3c4ccccc4C[C@H]3OCc3ccc(C#CCO[C@@H]4Cc5ccccc5[C@@H]4NC(=O)[C@H]4N5C(=O)[C@@H](N)CCS[C@H]5CC4(C)C)cc3)N2C1=O)N(C)C(=O)OC(C)(C)C. The summed E-state index contributed by atoms with van der Waals surface area (Å²) >= 11 is 3.33. The van der Waals surface area contributed by atoms with Crippen molar-refractivity contribution in [3.8, 4) is 11.8 Å². The van der Waals surface area contributed by atoms with Crippen molar-refractivity contribution in [2.75, 3.05) is 25.2 Å². The van der Waals surface area contributed by atoms with Gasteiger partial charge in [-0.3, -0.25) is 28.9 Å². The molecule has 3 aromatic carbocycles. The maximum atomic E-state index is 14.8. The molecule has 4 fully saturated rings. The molecule has 0 spiro atoms. The molecule has 11 atom stereocenters. The quantitative estimate of drug-likeness (QED) is 0.146. The van der Waals surface area contributed by atoms with E-state index in [1.54, 1.807) is 61.0 Å². The van der Waals surface area contributed by atoms with Gasteiger partial charge in [-0.1, -0.05) is 100 Å². The van der Waals surface area contributed by atoms with Crippen LogP contribution in [0.2, 0.25) is 0 Å². The molecule has 9 rings (SSSR count). The molecule has 0 bridgehead atoms. The minimum Gasteiger partial charge on any atom is -0.444 e. The number of benzene rings is 3. The molecule has 0 saturated carbocycles. The summed E-state index contributed by atoms with van der Waals surface area (Å²) in [4.78, 5) is 88.1. The van der Waals surface area contributed by atoms with Gasteiger partial charge in [0.05, 0.1) is 47.7 Å². The second-order valence-electron chi connectivity index (χ2n) is 23.8. The summed E-state index contributed by atoms with van der Waals surface area (Å²) in [6.45, 7) is 15.4. The summed E-state index contributed by atoms with van der Waals surface area (Å²) in [5, 5.41) is 9.21. The van der Waals surface area contributed by atoms with E-state index in [1.165, 1.54) is 11.9 Å². The number of carbonyl (C=O) groups excluding carboxylic acids is 6. The average molecular weight is 1090 g/mol. The number of nitrogens with two attached hydrogens (primary N) is 1. The van der Waals surface area contributed by atoms with E-state index in [4.69, 9.17) is 19.9 Å². The summed E-state index contributed by atoms with van der Waals surface area (Å²) < 4.78 is 18.5. The second kappa shape index (κ2) is 22.6. The van der Waals surface area contributed by atoms with Gasteiger partial charge in [0.15, 0.2) is 0 Å². The van der Waals surface area contributed by atoms with Gasteiger partial charge in [0.2, 0.25) is 29.5 Å². The van der Waals surface area contributed by atoms with Crippen molar-refractivity contribution in [1.29, 1.82) is 0 Å². The number of amides is 6. The van der Waals surface area contributed by atoms with Gasteiger partial charge in [-0.2, -0.15) is 0 Å². The van der Waals surface area contributed by atoms with Crippen molar-refractivity contribution < 1.29 is 43.0 Å². The molecule has 18 heteroatoms. The molecule has 4 aliphatic heterocycles. The minimum atomic E-state index is -0.908. The van der Waals surface area contributed by atoms with E-state index in [9.17, 15) is 28.8 Å². The molecular weight excluding hydrogens is 1010 g/mol. The Morgan fingerprint density at radius 1 is 0.753 bits per heavy atom. The Hall–Kier alpha value is -5.58. The van der Waals surface area contributed by atoms with E-state index < -0.39 is 70.7 Å². The summed E-state index contributed by atoms with van der Waals surface area (Å²) in [7, 11) is 1.49. The first-order chi connectivity index (χ1) is 36.5. The maximum Gasteiger partial charge on any atom is 0.410 e. The van der Waals surface area contributed by atoms with Crippen molar-refractivity contribution in [3.63, 3.8) is 0 Å². The monoisotopic (exact) mass is 1090 g/mol. The standard InChI is InChI=1S/C59H75N7O9S2/c1-34(64(9)56(72)75-57(2,3)4)51(67)61-42-25-28-77-46-32-59(7,8)50(66(46)55(42)71)53(69)63-48-40-19-13-11-17-38(40)30-44(48)74-33-36-22-20-35(21-23-36)15-14-26-73-43-29-37-16-10-12-18-39(37)47(43)62-52(68)49-58(5,6)31-45-65(49)54(70)41(60)24-27-76-45/h10-13,16-23,34,41-50H,24-33,60H2,1-9H3,(H,61,67)(H,62,68)(H,63,69)/t34-,41-,42-,43+,44+,45-,46-,47-,48-,49+,50+/m0/s1. The smallest absolute Gasteiger partial charge is 0.410 e. The minimum absolute atomic E-state index is 0.0870. The van der Waals surface area contributed by atoms with Gasteiger partial charge in [0.25, 0.3) is 0 Å². The van der Waals surface area contributed by atoms with Gasteiger partial charge < -0.3 is 45.7 Å². The zero-order chi connectivity index (χ0) is 55.1. The lowest BCUT2D eigenvalue weighted by Crippen LogP contribution is -2.58. The first-order valence-electron chi connectivity index (χ1n) is 27.0. The van der Waals surface area contributed by atoms with Crippen LogP contribution in [0.1, 0.15) is 127 Å². The lowest BCUT2D eigenvalue weighted by atomic mass is 9.83. The number of ether oxygens (including phenoxy) is 3. The van der Waals surface area contributed by atoms with E-state index >= 15 is 0 Å². The molecule has 16 nitrogen and oxygen atoms in total. The molecular formula is C59H75N7O9S2.